The van der Waals surface area contributed by atoms with E-state index >= 15 is 0 Å². The van der Waals surface area contributed by atoms with E-state index in [1.165, 1.54) is 24.3 Å². The Morgan fingerprint density at radius 3 is 2.22 bits per heavy atom. The third-order valence-electron chi connectivity index (χ3n) is 4.46. The first kappa shape index (κ1) is 20.6. The molecule has 0 aliphatic carbocycles. The topological polar surface area (TPSA) is 86.5 Å². The van der Waals surface area contributed by atoms with Crippen LogP contribution in [0.1, 0.15) is 42.6 Å². The third kappa shape index (κ3) is 4.92. The lowest BCUT2D eigenvalue weighted by Crippen LogP contribution is -2.35. The summed E-state index contributed by atoms with van der Waals surface area (Å²) in [6, 6.07) is 12.3. The second kappa shape index (κ2) is 8.77. The van der Waals surface area contributed by atoms with Crippen molar-refractivity contribution < 1.29 is 19.2 Å². The fourth-order valence-corrected chi connectivity index (χ4v) is 2.88. The van der Waals surface area contributed by atoms with E-state index in [-0.39, 0.29) is 30.9 Å². The number of rotatable bonds is 8. The fourth-order valence-electron chi connectivity index (χ4n) is 2.75. The van der Waals surface area contributed by atoms with Crippen LogP contribution in [0.4, 0.5) is 5.69 Å². The van der Waals surface area contributed by atoms with Crippen molar-refractivity contribution in [1.82, 2.24) is 0 Å². The maximum Gasteiger partial charge on any atom is 0.316 e. The minimum atomic E-state index is -1.09. The Morgan fingerprint density at radius 1 is 1.11 bits per heavy atom. The summed E-state index contributed by atoms with van der Waals surface area (Å²) in [6.07, 6.45) is 0.332. The van der Waals surface area contributed by atoms with Crippen LogP contribution in [0, 0.1) is 10.1 Å². The Bertz CT molecular complexity index is 832. The fraction of sp³-hybridized carbons (Fsp3) is 0.300. The van der Waals surface area contributed by atoms with E-state index in [4.69, 9.17) is 16.3 Å². The summed E-state index contributed by atoms with van der Waals surface area (Å²) in [5, 5.41) is 11.4. The number of nitrogens with zero attached hydrogens (tertiary/aromatic N) is 1. The molecule has 0 aliphatic rings. The minimum Gasteiger partial charge on any atom is -0.465 e. The van der Waals surface area contributed by atoms with Crippen LogP contribution in [-0.4, -0.2) is 23.3 Å². The number of halogens is 1. The van der Waals surface area contributed by atoms with Crippen molar-refractivity contribution in [3.63, 3.8) is 0 Å². The molecule has 6 nitrogen and oxygen atoms in total. The smallest absolute Gasteiger partial charge is 0.316 e. The molecule has 27 heavy (non-hydrogen) atoms. The molecule has 0 bridgehead atoms. The van der Waals surface area contributed by atoms with Crippen LogP contribution in [0.3, 0.4) is 0 Å². The van der Waals surface area contributed by atoms with Crippen LogP contribution < -0.4 is 0 Å². The van der Waals surface area contributed by atoms with Gasteiger partial charge in [-0.05, 0) is 50.1 Å². The minimum absolute atomic E-state index is 0.0674. The number of esters is 1. The number of non-ortho nitro benzene ring substituents is 1. The van der Waals surface area contributed by atoms with Gasteiger partial charge in [-0.1, -0.05) is 23.7 Å². The van der Waals surface area contributed by atoms with Gasteiger partial charge in [-0.3, -0.25) is 19.7 Å². The van der Waals surface area contributed by atoms with Crippen molar-refractivity contribution in [3.05, 3.63) is 74.8 Å². The van der Waals surface area contributed by atoms with Crippen molar-refractivity contribution >= 4 is 29.0 Å². The van der Waals surface area contributed by atoms with Crippen molar-refractivity contribution in [2.24, 2.45) is 0 Å². The SMILES string of the molecule is CCOC(=O)C(C)(CCC(=O)c1ccc(Cl)cc1)c1ccc([N+](=O)[O-])cc1. The Balaban J connectivity index is 2.25. The molecular weight excluding hydrogens is 370 g/mol. The van der Waals surface area contributed by atoms with Crippen LogP contribution in [0.2, 0.25) is 5.02 Å². The first-order valence-electron chi connectivity index (χ1n) is 8.49. The zero-order valence-corrected chi connectivity index (χ0v) is 15.9. The molecule has 2 aromatic rings. The van der Waals surface area contributed by atoms with Gasteiger partial charge in [0, 0.05) is 29.1 Å². The molecule has 2 rings (SSSR count). The number of ether oxygens (including phenoxy) is 1. The summed E-state index contributed by atoms with van der Waals surface area (Å²) in [5.41, 5.74) is -0.0836. The lowest BCUT2D eigenvalue weighted by atomic mass is 9.77. The number of hydrogen-bond acceptors (Lipinski definition) is 5. The molecule has 142 valence electrons. The lowest BCUT2D eigenvalue weighted by Gasteiger charge is -2.27. The number of carbonyl (C=O) groups excluding carboxylic acids is 2. The van der Waals surface area contributed by atoms with Gasteiger partial charge in [0.15, 0.2) is 5.78 Å². The lowest BCUT2D eigenvalue weighted by molar-refractivity contribution is -0.384. The van der Waals surface area contributed by atoms with E-state index in [2.05, 4.69) is 0 Å². The van der Waals surface area contributed by atoms with Crippen LogP contribution in [0.5, 0.6) is 0 Å². The highest BCUT2D eigenvalue weighted by Crippen LogP contribution is 2.32. The molecule has 1 atom stereocenters. The van der Waals surface area contributed by atoms with Gasteiger partial charge in [-0.15, -0.1) is 0 Å². The number of benzene rings is 2. The molecular formula is C20H20ClNO5. The molecule has 2 aromatic carbocycles. The van der Waals surface area contributed by atoms with E-state index in [1.54, 1.807) is 38.1 Å². The number of hydrogen-bond donors (Lipinski definition) is 0. The molecule has 0 N–H and O–H groups in total. The second-order valence-electron chi connectivity index (χ2n) is 6.29. The molecule has 0 amide bonds. The molecule has 0 aromatic heterocycles. The molecule has 1 unspecified atom stereocenters. The molecule has 0 saturated carbocycles. The van der Waals surface area contributed by atoms with E-state index in [0.717, 1.165) is 0 Å². The molecule has 0 fully saturated rings. The van der Waals surface area contributed by atoms with Gasteiger partial charge in [0.25, 0.3) is 5.69 Å². The third-order valence-corrected chi connectivity index (χ3v) is 4.71. The Hall–Kier alpha value is -2.73. The van der Waals surface area contributed by atoms with E-state index in [0.29, 0.717) is 16.1 Å². The van der Waals surface area contributed by atoms with Gasteiger partial charge >= 0.3 is 5.97 Å². The normalized spacial score (nSPS) is 12.9. The number of Topliss-reactive ketones (excluding diaryl/α,β-unsaturated/α-hetero) is 1. The summed E-state index contributed by atoms with van der Waals surface area (Å²) in [5.74, 6) is -0.591. The molecule has 0 spiro atoms. The predicted molar refractivity (Wildman–Crippen MR) is 102 cm³/mol. The summed E-state index contributed by atoms with van der Waals surface area (Å²) >= 11 is 5.84. The van der Waals surface area contributed by atoms with Crippen LogP contribution in [-0.2, 0) is 14.9 Å². The number of carbonyl (C=O) groups is 2. The van der Waals surface area contributed by atoms with Gasteiger partial charge in [0.05, 0.1) is 16.9 Å². The predicted octanol–water partition coefficient (Wildman–Crippen LogP) is 4.73. The Morgan fingerprint density at radius 2 is 1.70 bits per heavy atom. The van der Waals surface area contributed by atoms with Gasteiger partial charge < -0.3 is 4.74 Å². The highest BCUT2D eigenvalue weighted by atomic mass is 35.5. The maximum atomic E-state index is 12.6. The summed E-state index contributed by atoms with van der Waals surface area (Å²) in [4.78, 5) is 35.4. The molecule has 0 aliphatic heterocycles. The van der Waals surface area contributed by atoms with E-state index in [9.17, 15) is 19.7 Å². The van der Waals surface area contributed by atoms with Gasteiger partial charge in [-0.2, -0.15) is 0 Å². The van der Waals surface area contributed by atoms with Crippen molar-refractivity contribution in [2.45, 2.75) is 32.1 Å². The zero-order chi connectivity index (χ0) is 20.0. The summed E-state index contributed by atoms with van der Waals surface area (Å²) < 4.78 is 5.19. The molecule has 0 heterocycles. The van der Waals surface area contributed by atoms with Crippen molar-refractivity contribution in [1.29, 1.82) is 0 Å². The second-order valence-corrected chi connectivity index (χ2v) is 6.72. The van der Waals surface area contributed by atoms with Crippen LogP contribution in [0.25, 0.3) is 0 Å². The molecule has 0 radical (unpaired) electrons. The maximum absolute atomic E-state index is 12.6. The van der Waals surface area contributed by atoms with E-state index in [1.807, 2.05) is 0 Å². The standard InChI is InChI=1S/C20H20ClNO5/c1-3-27-19(24)20(2,15-6-10-17(11-7-15)22(25)26)13-12-18(23)14-4-8-16(21)9-5-14/h4-11H,3,12-13H2,1-2H3. The van der Waals surface area contributed by atoms with Crippen molar-refractivity contribution in [3.8, 4) is 0 Å². The number of ketones is 1. The van der Waals surface area contributed by atoms with Gasteiger partial charge in [0.2, 0.25) is 0 Å². The average Bonchev–Trinajstić information content (AvgIpc) is 2.66. The Labute approximate surface area is 162 Å². The highest BCUT2D eigenvalue weighted by molar-refractivity contribution is 6.30. The first-order chi connectivity index (χ1) is 12.8. The highest BCUT2D eigenvalue weighted by Gasteiger charge is 2.37. The quantitative estimate of drug-likeness (QED) is 0.282. The summed E-state index contributed by atoms with van der Waals surface area (Å²) in [6.45, 7) is 3.58. The van der Waals surface area contributed by atoms with Crippen LogP contribution >= 0.6 is 11.6 Å². The van der Waals surface area contributed by atoms with Gasteiger partial charge in [-0.25, -0.2) is 0 Å². The monoisotopic (exact) mass is 389 g/mol. The Kier molecular flexibility index (Phi) is 6.69. The molecule has 7 heteroatoms. The summed E-state index contributed by atoms with van der Waals surface area (Å²) in [7, 11) is 0. The zero-order valence-electron chi connectivity index (χ0n) is 15.1. The number of nitro groups is 1. The van der Waals surface area contributed by atoms with Gasteiger partial charge in [0.1, 0.15) is 0 Å². The average molecular weight is 390 g/mol. The largest absolute Gasteiger partial charge is 0.465 e. The molecule has 0 saturated heterocycles. The first-order valence-corrected chi connectivity index (χ1v) is 8.86. The van der Waals surface area contributed by atoms with E-state index < -0.39 is 16.3 Å². The number of nitro benzene ring substituents is 1. The van der Waals surface area contributed by atoms with Crippen LogP contribution in [0.15, 0.2) is 48.5 Å². The van der Waals surface area contributed by atoms with Crippen molar-refractivity contribution in [2.75, 3.05) is 6.61 Å².